The molecule has 1 atom stereocenters. The first-order valence-electron chi connectivity index (χ1n) is 10.2. The number of halogens is 2. The molecule has 0 aliphatic carbocycles. The standard InChI is InChI=1S/C22H27F2N3O3/c1-4-22(20(29)27(13-14(2)3)21(30)25-22)16-5-7-26(8-6-16)19(28)11-15-9-17(23)12-18(24)10-15/h9-10,12,16H,2,4-8,11,13H2,1,3H3,(H,25,30)/t22-/m0/s1. The van der Waals surface area contributed by atoms with Crippen molar-refractivity contribution in [2.24, 2.45) is 5.92 Å². The molecular weight excluding hydrogens is 392 g/mol. The van der Waals surface area contributed by atoms with Gasteiger partial charge in [0.2, 0.25) is 5.91 Å². The number of nitrogens with zero attached hydrogens (tertiary/aromatic N) is 2. The van der Waals surface area contributed by atoms with Gasteiger partial charge in [0.25, 0.3) is 5.91 Å². The van der Waals surface area contributed by atoms with Crippen LogP contribution in [0.4, 0.5) is 13.6 Å². The van der Waals surface area contributed by atoms with Crippen LogP contribution in [0.1, 0.15) is 38.7 Å². The van der Waals surface area contributed by atoms with Crippen molar-refractivity contribution in [2.75, 3.05) is 19.6 Å². The minimum atomic E-state index is -0.965. The summed E-state index contributed by atoms with van der Waals surface area (Å²) in [7, 11) is 0. The largest absolute Gasteiger partial charge is 0.342 e. The maximum Gasteiger partial charge on any atom is 0.325 e. The molecule has 0 aromatic heterocycles. The molecule has 6 nitrogen and oxygen atoms in total. The number of nitrogens with one attached hydrogen (secondary N) is 1. The number of likely N-dealkylation sites (tertiary alicyclic amines) is 1. The highest BCUT2D eigenvalue weighted by atomic mass is 19.1. The number of benzene rings is 1. The van der Waals surface area contributed by atoms with Crippen LogP contribution < -0.4 is 5.32 Å². The van der Waals surface area contributed by atoms with Gasteiger partial charge in [0.15, 0.2) is 0 Å². The second-order valence-electron chi connectivity index (χ2n) is 8.21. The van der Waals surface area contributed by atoms with E-state index in [0.717, 1.165) is 23.8 Å². The van der Waals surface area contributed by atoms with Gasteiger partial charge < -0.3 is 10.2 Å². The lowest BCUT2D eigenvalue weighted by molar-refractivity contribution is -0.135. The number of imide groups is 1. The molecule has 0 radical (unpaired) electrons. The summed E-state index contributed by atoms with van der Waals surface area (Å²) in [6, 6.07) is 2.68. The third kappa shape index (κ3) is 4.22. The van der Waals surface area contributed by atoms with Crippen molar-refractivity contribution in [3.05, 3.63) is 47.5 Å². The van der Waals surface area contributed by atoms with Crippen LogP contribution in [-0.2, 0) is 16.0 Å². The highest BCUT2D eigenvalue weighted by Gasteiger charge is 2.54. The summed E-state index contributed by atoms with van der Waals surface area (Å²) >= 11 is 0. The van der Waals surface area contributed by atoms with Crippen molar-refractivity contribution in [2.45, 2.75) is 45.1 Å². The van der Waals surface area contributed by atoms with Gasteiger partial charge in [-0.2, -0.15) is 0 Å². The molecule has 3 rings (SSSR count). The highest BCUT2D eigenvalue weighted by Crippen LogP contribution is 2.36. The zero-order chi connectivity index (χ0) is 22.1. The zero-order valence-electron chi connectivity index (χ0n) is 17.3. The average molecular weight is 419 g/mol. The molecule has 2 aliphatic heterocycles. The Hall–Kier alpha value is -2.77. The van der Waals surface area contributed by atoms with Gasteiger partial charge in [-0.1, -0.05) is 19.1 Å². The molecule has 8 heteroatoms. The number of rotatable bonds is 6. The van der Waals surface area contributed by atoms with E-state index in [4.69, 9.17) is 0 Å². The van der Waals surface area contributed by atoms with E-state index in [1.807, 2.05) is 6.92 Å². The van der Waals surface area contributed by atoms with E-state index in [-0.39, 0.29) is 30.7 Å². The Balaban J connectivity index is 1.65. The first-order chi connectivity index (χ1) is 14.2. The number of piperidine rings is 1. The molecule has 30 heavy (non-hydrogen) atoms. The molecule has 2 heterocycles. The molecule has 1 aromatic carbocycles. The average Bonchev–Trinajstić information content (AvgIpc) is 2.92. The van der Waals surface area contributed by atoms with E-state index in [9.17, 15) is 23.2 Å². The summed E-state index contributed by atoms with van der Waals surface area (Å²) in [4.78, 5) is 40.9. The van der Waals surface area contributed by atoms with E-state index in [1.54, 1.807) is 11.8 Å². The molecule has 1 aromatic rings. The first-order valence-corrected chi connectivity index (χ1v) is 10.2. The van der Waals surface area contributed by atoms with Crippen molar-refractivity contribution in [3.8, 4) is 0 Å². The van der Waals surface area contributed by atoms with Crippen molar-refractivity contribution in [1.29, 1.82) is 0 Å². The Morgan fingerprint density at radius 3 is 2.33 bits per heavy atom. The Kier molecular flexibility index (Phi) is 6.24. The first kappa shape index (κ1) is 21.9. The molecule has 4 amide bonds. The minimum absolute atomic E-state index is 0.0830. The molecule has 2 fully saturated rings. The van der Waals surface area contributed by atoms with Gasteiger partial charge in [-0.05, 0) is 49.8 Å². The van der Waals surface area contributed by atoms with Crippen LogP contribution in [0.5, 0.6) is 0 Å². The second-order valence-corrected chi connectivity index (χ2v) is 8.21. The van der Waals surface area contributed by atoms with Crippen LogP contribution in [0.25, 0.3) is 0 Å². The monoisotopic (exact) mass is 419 g/mol. The van der Waals surface area contributed by atoms with E-state index in [0.29, 0.717) is 37.9 Å². The van der Waals surface area contributed by atoms with E-state index in [1.165, 1.54) is 4.90 Å². The summed E-state index contributed by atoms with van der Waals surface area (Å²) in [5, 5.41) is 2.90. The van der Waals surface area contributed by atoms with Crippen molar-refractivity contribution >= 4 is 17.8 Å². The Labute approximate surface area is 174 Å². The zero-order valence-corrected chi connectivity index (χ0v) is 17.3. The maximum absolute atomic E-state index is 13.4. The van der Waals surface area contributed by atoms with Crippen LogP contribution in [0.2, 0.25) is 0 Å². The molecular formula is C22H27F2N3O3. The van der Waals surface area contributed by atoms with Gasteiger partial charge in [0.1, 0.15) is 17.2 Å². The lowest BCUT2D eigenvalue weighted by Gasteiger charge is -2.40. The topological polar surface area (TPSA) is 69.7 Å². The predicted octanol–water partition coefficient (Wildman–Crippen LogP) is 3.02. The normalized spacial score (nSPS) is 22.4. The molecule has 2 aliphatic rings. The minimum Gasteiger partial charge on any atom is -0.342 e. The highest BCUT2D eigenvalue weighted by molar-refractivity contribution is 6.07. The second kappa shape index (κ2) is 8.53. The van der Waals surface area contributed by atoms with Crippen LogP contribution in [0.3, 0.4) is 0 Å². The molecule has 0 spiro atoms. The van der Waals surface area contributed by atoms with Crippen molar-refractivity contribution in [3.63, 3.8) is 0 Å². The smallest absolute Gasteiger partial charge is 0.325 e. The van der Waals surface area contributed by atoms with Gasteiger partial charge in [0.05, 0.1) is 13.0 Å². The van der Waals surface area contributed by atoms with Crippen LogP contribution >= 0.6 is 0 Å². The summed E-state index contributed by atoms with van der Waals surface area (Å²) in [6.45, 7) is 8.46. The number of amides is 4. The summed E-state index contributed by atoms with van der Waals surface area (Å²) in [5.41, 5.74) is 0.0470. The van der Waals surface area contributed by atoms with Gasteiger partial charge >= 0.3 is 6.03 Å². The quantitative estimate of drug-likeness (QED) is 0.569. The van der Waals surface area contributed by atoms with Gasteiger partial charge in [-0.25, -0.2) is 13.6 Å². The number of carbonyl (C=O) groups excluding carboxylic acids is 3. The lowest BCUT2D eigenvalue weighted by atomic mass is 9.75. The summed E-state index contributed by atoms with van der Waals surface area (Å²) in [5.74, 6) is -1.97. The van der Waals surface area contributed by atoms with E-state index in [2.05, 4.69) is 11.9 Å². The number of hydrogen-bond acceptors (Lipinski definition) is 3. The number of hydrogen-bond donors (Lipinski definition) is 1. The molecule has 0 saturated carbocycles. The van der Waals surface area contributed by atoms with Crippen molar-refractivity contribution < 1.29 is 23.2 Å². The van der Waals surface area contributed by atoms with Crippen LogP contribution in [0, 0.1) is 17.6 Å². The fraction of sp³-hybridized carbons (Fsp3) is 0.500. The SMILES string of the molecule is C=C(C)CN1C(=O)N[C@@](CC)(C2CCN(C(=O)Cc3cc(F)cc(F)c3)CC2)C1=O. The van der Waals surface area contributed by atoms with E-state index < -0.39 is 23.2 Å². The third-order valence-corrected chi connectivity index (χ3v) is 6.01. The number of urea groups is 1. The number of carbonyl (C=O) groups is 3. The lowest BCUT2D eigenvalue weighted by Crippen LogP contribution is -2.56. The van der Waals surface area contributed by atoms with Crippen molar-refractivity contribution in [1.82, 2.24) is 15.1 Å². The molecule has 2 saturated heterocycles. The molecule has 0 bridgehead atoms. The van der Waals surface area contributed by atoms with Gasteiger partial charge in [-0.15, -0.1) is 0 Å². The van der Waals surface area contributed by atoms with Crippen LogP contribution in [0.15, 0.2) is 30.4 Å². The molecule has 0 unspecified atom stereocenters. The van der Waals surface area contributed by atoms with Gasteiger partial charge in [0, 0.05) is 19.2 Å². The Morgan fingerprint density at radius 2 is 1.80 bits per heavy atom. The fourth-order valence-corrected chi connectivity index (χ4v) is 4.48. The predicted molar refractivity (Wildman–Crippen MR) is 107 cm³/mol. The fourth-order valence-electron chi connectivity index (χ4n) is 4.48. The van der Waals surface area contributed by atoms with E-state index >= 15 is 0 Å². The molecule has 162 valence electrons. The van der Waals surface area contributed by atoms with Gasteiger partial charge in [-0.3, -0.25) is 14.5 Å². The molecule has 1 N–H and O–H groups in total. The summed E-state index contributed by atoms with van der Waals surface area (Å²) in [6.07, 6.45) is 1.50. The Morgan fingerprint density at radius 1 is 1.20 bits per heavy atom. The van der Waals surface area contributed by atoms with Crippen LogP contribution in [-0.4, -0.2) is 52.8 Å². The Bertz CT molecular complexity index is 860. The summed E-state index contributed by atoms with van der Waals surface area (Å²) < 4.78 is 26.7. The maximum atomic E-state index is 13.4. The third-order valence-electron chi connectivity index (χ3n) is 6.01.